The van der Waals surface area contributed by atoms with Gasteiger partial charge in [0.1, 0.15) is 5.01 Å². The maximum atomic E-state index is 11.7. The standard InChI is InChI=1S/C16H27N3O2S/c1-18(2)16(21)10-15-17-13(12-22-15)11-19(8-9-20)14-6-4-3-5-7-14/h12,14,20H,3-11H2,1-2H3. The Morgan fingerprint density at radius 1 is 1.36 bits per heavy atom. The van der Waals surface area contributed by atoms with Gasteiger partial charge in [0.15, 0.2) is 0 Å². The van der Waals surface area contributed by atoms with Gasteiger partial charge in [0.25, 0.3) is 0 Å². The number of nitrogens with zero attached hydrogens (tertiary/aromatic N) is 3. The number of aliphatic hydroxyl groups excluding tert-OH is 1. The molecule has 0 unspecified atom stereocenters. The number of rotatable bonds is 7. The van der Waals surface area contributed by atoms with E-state index in [2.05, 4.69) is 9.88 Å². The molecular weight excluding hydrogens is 298 g/mol. The van der Waals surface area contributed by atoms with E-state index in [-0.39, 0.29) is 12.5 Å². The smallest absolute Gasteiger partial charge is 0.228 e. The average molecular weight is 325 g/mol. The zero-order chi connectivity index (χ0) is 15.9. The Bertz CT molecular complexity index is 470. The summed E-state index contributed by atoms with van der Waals surface area (Å²) in [5, 5.41) is 12.2. The second-order valence-corrected chi connectivity index (χ2v) is 7.13. The van der Waals surface area contributed by atoms with Crippen LogP contribution in [0.5, 0.6) is 0 Å². The first-order chi connectivity index (χ1) is 10.6. The Labute approximate surface area is 137 Å². The average Bonchev–Trinajstić information content (AvgIpc) is 2.95. The summed E-state index contributed by atoms with van der Waals surface area (Å²) in [6, 6.07) is 0.564. The number of amides is 1. The third-order valence-corrected chi connectivity index (χ3v) is 5.14. The minimum absolute atomic E-state index is 0.0837. The molecule has 1 N–H and O–H groups in total. The summed E-state index contributed by atoms with van der Waals surface area (Å²) in [6.07, 6.45) is 6.71. The number of aliphatic hydroxyl groups is 1. The number of likely N-dealkylation sites (N-methyl/N-ethyl adjacent to an activating group) is 1. The fourth-order valence-corrected chi connectivity index (χ4v) is 3.74. The molecule has 0 bridgehead atoms. The van der Waals surface area contributed by atoms with Crippen molar-refractivity contribution in [1.82, 2.24) is 14.8 Å². The molecule has 2 rings (SSSR count). The predicted octanol–water partition coefficient (Wildman–Crippen LogP) is 1.90. The van der Waals surface area contributed by atoms with Crippen LogP contribution in [-0.4, -0.2) is 59.1 Å². The number of carbonyl (C=O) groups is 1. The molecule has 0 saturated heterocycles. The summed E-state index contributed by atoms with van der Waals surface area (Å²) < 4.78 is 0. The first-order valence-electron chi connectivity index (χ1n) is 8.08. The molecule has 124 valence electrons. The largest absolute Gasteiger partial charge is 0.395 e. The maximum Gasteiger partial charge on any atom is 0.228 e. The summed E-state index contributed by atoms with van der Waals surface area (Å²) in [5.74, 6) is 0.0837. The molecule has 1 aliphatic carbocycles. The molecule has 0 aromatic carbocycles. The van der Waals surface area contributed by atoms with Crippen LogP contribution < -0.4 is 0 Å². The molecule has 5 nitrogen and oxygen atoms in total. The van der Waals surface area contributed by atoms with E-state index in [1.807, 2.05) is 5.38 Å². The Hall–Kier alpha value is -0.980. The van der Waals surface area contributed by atoms with Crippen LogP contribution >= 0.6 is 11.3 Å². The molecule has 0 atom stereocenters. The highest BCUT2D eigenvalue weighted by Crippen LogP contribution is 2.24. The van der Waals surface area contributed by atoms with Crippen molar-refractivity contribution in [3.63, 3.8) is 0 Å². The van der Waals surface area contributed by atoms with Crippen molar-refractivity contribution in [3.05, 3.63) is 16.1 Å². The first kappa shape index (κ1) is 17.4. The Balaban J connectivity index is 1.94. The number of hydrogen-bond donors (Lipinski definition) is 1. The second-order valence-electron chi connectivity index (χ2n) is 6.18. The van der Waals surface area contributed by atoms with Crippen molar-refractivity contribution in [3.8, 4) is 0 Å². The highest BCUT2D eigenvalue weighted by molar-refractivity contribution is 7.09. The zero-order valence-corrected chi connectivity index (χ0v) is 14.4. The van der Waals surface area contributed by atoms with Crippen LogP contribution in [0.4, 0.5) is 0 Å². The molecule has 22 heavy (non-hydrogen) atoms. The van der Waals surface area contributed by atoms with Gasteiger partial charge in [-0.15, -0.1) is 11.3 Å². The van der Waals surface area contributed by atoms with Gasteiger partial charge in [-0.1, -0.05) is 19.3 Å². The Morgan fingerprint density at radius 3 is 2.73 bits per heavy atom. The van der Waals surface area contributed by atoms with Gasteiger partial charge in [-0.25, -0.2) is 4.98 Å². The summed E-state index contributed by atoms with van der Waals surface area (Å²) in [7, 11) is 3.53. The highest BCUT2D eigenvalue weighted by Gasteiger charge is 2.21. The van der Waals surface area contributed by atoms with Crippen molar-refractivity contribution >= 4 is 17.2 Å². The monoisotopic (exact) mass is 325 g/mol. The van der Waals surface area contributed by atoms with E-state index in [0.29, 0.717) is 19.0 Å². The summed E-state index contributed by atoms with van der Waals surface area (Å²) in [4.78, 5) is 20.3. The van der Waals surface area contributed by atoms with Crippen LogP contribution in [0.25, 0.3) is 0 Å². The van der Waals surface area contributed by atoms with E-state index in [9.17, 15) is 9.90 Å². The quantitative estimate of drug-likeness (QED) is 0.832. The highest BCUT2D eigenvalue weighted by atomic mass is 32.1. The molecule has 0 spiro atoms. The van der Waals surface area contributed by atoms with Crippen LogP contribution in [0.1, 0.15) is 42.8 Å². The zero-order valence-electron chi connectivity index (χ0n) is 13.6. The SMILES string of the molecule is CN(C)C(=O)Cc1nc(CN(CCO)C2CCCCC2)cs1. The molecule has 1 aromatic rings. The fraction of sp³-hybridized carbons (Fsp3) is 0.750. The molecule has 1 heterocycles. The van der Waals surface area contributed by atoms with Crippen molar-refractivity contribution < 1.29 is 9.90 Å². The summed E-state index contributed by atoms with van der Waals surface area (Å²) >= 11 is 1.55. The fourth-order valence-electron chi connectivity index (χ4n) is 2.96. The van der Waals surface area contributed by atoms with Gasteiger partial charge >= 0.3 is 0 Å². The molecule has 1 aliphatic rings. The Morgan fingerprint density at radius 2 is 2.09 bits per heavy atom. The molecule has 0 aliphatic heterocycles. The lowest BCUT2D eigenvalue weighted by Crippen LogP contribution is -2.38. The number of carbonyl (C=O) groups excluding carboxylic acids is 1. The van der Waals surface area contributed by atoms with E-state index in [1.54, 1.807) is 30.3 Å². The van der Waals surface area contributed by atoms with Gasteiger partial charge in [-0.2, -0.15) is 0 Å². The van der Waals surface area contributed by atoms with Gasteiger partial charge in [0.2, 0.25) is 5.91 Å². The number of thiazole rings is 1. The Kier molecular flexibility index (Phi) is 6.79. The van der Waals surface area contributed by atoms with Crippen LogP contribution in [0, 0.1) is 0 Å². The van der Waals surface area contributed by atoms with Gasteiger partial charge in [0, 0.05) is 38.6 Å². The molecule has 1 amide bonds. The van der Waals surface area contributed by atoms with Crippen molar-refractivity contribution in [1.29, 1.82) is 0 Å². The van der Waals surface area contributed by atoms with Crippen molar-refractivity contribution in [2.75, 3.05) is 27.2 Å². The number of hydrogen-bond acceptors (Lipinski definition) is 5. The molecule has 0 radical (unpaired) electrons. The van der Waals surface area contributed by atoms with E-state index in [4.69, 9.17) is 0 Å². The third kappa shape index (κ3) is 5.04. The molecule has 6 heteroatoms. The van der Waals surface area contributed by atoms with E-state index in [0.717, 1.165) is 17.2 Å². The van der Waals surface area contributed by atoms with Crippen LogP contribution in [0.15, 0.2) is 5.38 Å². The minimum Gasteiger partial charge on any atom is -0.395 e. The normalized spacial score (nSPS) is 16.2. The minimum atomic E-state index is 0.0837. The van der Waals surface area contributed by atoms with Crippen LogP contribution in [0.2, 0.25) is 0 Å². The molecule has 1 aromatic heterocycles. The molecular formula is C16H27N3O2S. The molecule has 1 saturated carbocycles. The maximum absolute atomic E-state index is 11.7. The van der Waals surface area contributed by atoms with Gasteiger partial charge in [-0.05, 0) is 12.8 Å². The van der Waals surface area contributed by atoms with Crippen molar-refractivity contribution in [2.24, 2.45) is 0 Å². The third-order valence-electron chi connectivity index (χ3n) is 4.24. The lowest BCUT2D eigenvalue weighted by Gasteiger charge is -2.33. The van der Waals surface area contributed by atoms with Crippen molar-refractivity contribution in [2.45, 2.75) is 51.1 Å². The molecule has 1 fully saturated rings. The topological polar surface area (TPSA) is 56.7 Å². The lowest BCUT2D eigenvalue weighted by molar-refractivity contribution is -0.127. The first-order valence-corrected chi connectivity index (χ1v) is 8.96. The predicted molar refractivity (Wildman–Crippen MR) is 88.9 cm³/mol. The summed E-state index contributed by atoms with van der Waals surface area (Å²) in [6.45, 7) is 1.67. The number of aromatic nitrogens is 1. The van der Waals surface area contributed by atoms with E-state index >= 15 is 0 Å². The van der Waals surface area contributed by atoms with E-state index < -0.39 is 0 Å². The second kappa shape index (κ2) is 8.60. The van der Waals surface area contributed by atoms with E-state index in [1.165, 1.54) is 32.1 Å². The summed E-state index contributed by atoms with van der Waals surface area (Å²) in [5.41, 5.74) is 1.02. The lowest BCUT2D eigenvalue weighted by atomic mass is 9.94. The van der Waals surface area contributed by atoms with Crippen LogP contribution in [-0.2, 0) is 17.8 Å². The van der Waals surface area contributed by atoms with Gasteiger partial charge in [-0.3, -0.25) is 9.69 Å². The van der Waals surface area contributed by atoms with Crippen LogP contribution in [0.3, 0.4) is 0 Å². The van der Waals surface area contributed by atoms with Gasteiger partial charge < -0.3 is 10.0 Å². The van der Waals surface area contributed by atoms with Gasteiger partial charge in [0.05, 0.1) is 18.7 Å².